The van der Waals surface area contributed by atoms with Gasteiger partial charge in [-0.25, -0.2) is 4.98 Å². The summed E-state index contributed by atoms with van der Waals surface area (Å²) in [6, 6.07) is 48.8. The highest BCUT2D eigenvalue weighted by Crippen LogP contribution is 2.40. The number of H-pyrrole nitrogens is 1. The predicted octanol–water partition coefficient (Wildman–Crippen LogP) is 25.2. The molecule has 0 bridgehead atoms. The van der Waals surface area contributed by atoms with Gasteiger partial charge in [0.25, 0.3) is 0 Å². The van der Waals surface area contributed by atoms with Gasteiger partial charge in [0, 0.05) is 86.1 Å². The average Bonchev–Trinajstić information content (AvgIpc) is 1.56. The number of nitrogens with zero attached hydrogens (tertiary/aromatic N) is 5. The molecule has 17 heteroatoms. The van der Waals surface area contributed by atoms with E-state index in [1.165, 1.54) is 239 Å². The number of methoxy groups -OCH3 is 2. The van der Waals surface area contributed by atoms with Gasteiger partial charge in [-0.05, 0) is 117 Å². The number of hydrogen-bond donors (Lipinski definition) is 6. The topological polar surface area (TPSA) is 221 Å². The fraction of sp³-hybridized carbons (Fsp3) is 0.645. The second kappa shape index (κ2) is 73.1. The first-order valence-corrected chi connectivity index (χ1v) is 49.4. The van der Waals surface area contributed by atoms with Gasteiger partial charge in [-0.15, -0.1) is 0 Å². The van der Waals surface area contributed by atoms with E-state index in [1.807, 2.05) is 90.7 Å². The number of aliphatic hydroxyl groups is 4. The number of para-hydroxylation sites is 1. The molecule has 1 aromatic heterocycles. The van der Waals surface area contributed by atoms with Gasteiger partial charge in [0.15, 0.2) is 0 Å². The van der Waals surface area contributed by atoms with E-state index in [0.717, 1.165) is 64.9 Å². The Bertz CT molecular complexity index is 3470. The molecule has 8 N–H and O–H groups in total. The first-order chi connectivity index (χ1) is 60.8. The van der Waals surface area contributed by atoms with Crippen molar-refractivity contribution in [2.24, 2.45) is 0 Å². The molecule has 1 heterocycles. The summed E-state index contributed by atoms with van der Waals surface area (Å²) in [5.41, 5.74) is 20.6. The molecule has 17 nitrogen and oxygen atoms in total. The summed E-state index contributed by atoms with van der Waals surface area (Å²) in [4.78, 5) is 15.4. The van der Waals surface area contributed by atoms with E-state index in [0.29, 0.717) is 76.2 Å². The average molecular weight is 1770 g/mol. The third kappa shape index (κ3) is 52.3. The van der Waals surface area contributed by atoms with Crippen LogP contribution in [0.1, 0.15) is 311 Å². The summed E-state index contributed by atoms with van der Waals surface area (Å²) in [5.74, 6) is 1.42. The minimum atomic E-state index is -0.135. The number of anilines is 2. The summed E-state index contributed by atoms with van der Waals surface area (Å²) < 4.78 is 28.4. The van der Waals surface area contributed by atoms with Crippen molar-refractivity contribution in [1.29, 1.82) is 0 Å². The molecular weight excluding hydrogens is 1580 g/mol. The molecule has 0 spiro atoms. The van der Waals surface area contributed by atoms with E-state index >= 15 is 0 Å². The number of aromatic nitrogens is 2. The number of quaternary nitrogens is 1. The van der Waals surface area contributed by atoms with E-state index in [1.54, 1.807) is 32.4 Å². The van der Waals surface area contributed by atoms with Crippen molar-refractivity contribution in [2.45, 2.75) is 314 Å². The van der Waals surface area contributed by atoms with Crippen LogP contribution in [0.3, 0.4) is 0 Å². The standard InChI is InChI=1S/C24H51N.C21H16N2.C20H35NO7.C18H31N.C16H36N.C11H17NO2.H2O/c1-4-7-10-13-16-19-22-25(23-20-17-14-11-8-5-2)24-21-18-15-12-9-6-3;1-4-10-16(11-5-1)19-20(17-12-6-2-7-13-17)23-21(22-19)18-14-8-3-9-15-18;1-24-9-6-21(7-10-25-2)8-11-26-12-13-27-14-15-28-20-18(16-22)4-3-5-19(20)17-23;1-16(2,3)12-10-13(17(4,5)6)15(19)14(11-12)18(7,8)9;1-5-9-13-17(14-10-6-2,15-11-7-3)16-12-8-4;1-10-2-4-11(5-3-10)12(6-8-13)7-9-14;/h4-24H2,1-3H3;1-15H,(H,22,23);3-5,22-23H,6-17H2,1-2H3;10-11H,19H2,1-9H3;5-16H2,1-4H3;2-5,13-14H,6-9H2,1H3;1H2/q;;;;+1;;/p-1. The first kappa shape index (κ1) is 118. The van der Waals surface area contributed by atoms with Crippen LogP contribution in [-0.4, -0.2) is 202 Å². The van der Waals surface area contributed by atoms with E-state index in [2.05, 4.69) is 174 Å². The maximum Gasteiger partial charge on any atom is 0.138 e. The van der Waals surface area contributed by atoms with Crippen LogP contribution in [0.4, 0.5) is 11.4 Å². The molecule has 0 aliphatic carbocycles. The normalized spacial score (nSPS) is 11.5. The summed E-state index contributed by atoms with van der Waals surface area (Å²) in [6.07, 6.45) is 36.8. The highest BCUT2D eigenvalue weighted by molar-refractivity contribution is 5.81. The number of unbranched alkanes of at least 4 members (excludes halogenated alkanes) is 19. The lowest BCUT2D eigenvalue weighted by molar-refractivity contribution is -0.929. The zero-order chi connectivity index (χ0) is 93.0. The molecule has 0 amide bonds. The Hall–Kier alpha value is -6.55. The molecule has 0 radical (unpaired) electrons. The maximum atomic E-state index is 9.37. The molecule has 0 saturated carbocycles. The number of nitrogens with one attached hydrogen (secondary N) is 1. The molecule has 0 saturated heterocycles. The molecule has 7 rings (SSSR count). The highest BCUT2D eigenvalue weighted by atomic mass is 16.5. The van der Waals surface area contributed by atoms with Gasteiger partial charge in [0.2, 0.25) is 0 Å². The lowest BCUT2D eigenvalue weighted by Gasteiger charge is -2.39. The van der Waals surface area contributed by atoms with E-state index in [-0.39, 0.29) is 48.1 Å². The fourth-order valence-electron chi connectivity index (χ4n) is 15.3. The smallest absolute Gasteiger partial charge is 0.138 e. The van der Waals surface area contributed by atoms with Crippen LogP contribution in [-0.2, 0) is 48.4 Å². The first-order valence-electron chi connectivity index (χ1n) is 49.4. The third-order valence-electron chi connectivity index (χ3n) is 23.2. The number of ether oxygens (including phenoxy) is 5. The second-order valence-electron chi connectivity index (χ2n) is 37.3. The summed E-state index contributed by atoms with van der Waals surface area (Å²) in [6.45, 7) is 55.5. The molecule has 6 aromatic carbocycles. The molecule has 0 unspecified atom stereocenters. The number of aliphatic hydroxyl groups excluding tert-OH is 4. The fourth-order valence-corrected chi connectivity index (χ4v) is 15.3. The monoisotopic (exact) mass is 1770 g/mol. The van der Waals surface area contributed by atoms with E-state index in [9.17, 15) is 10.2 Å². The van der Waals surface area contributed by atoms with Crippen molar-refractivity contribution >= 4 is 11.4 Å². The van der Waals surface area contributed by atoms with Crippen LogP contribution < -0.4 is 15.4 Å². The lowest BCUT2D eigenvalue weighted by Crippen LogP contribution is -2.50. The number of imidazole rings is 1. The lowest BCUT2D eigenvalue weighted by atomic mass is 9.74. The van der Waals surface area contributed by atoms with Gasteiger partial charge >= 0.3 is 0 Å². The minimum absolute atomic E-state index is 0. The Kier molecular flexibility index (Phi) is 68.2. The molecule has 0 aliphatic heterocycles. The van der Waals surface area contributed by atoms with Crippen LogP contribution in [0.15, 0.2) is 146 Å². The number of hydrogen-bond acceptors (Lipinski definition) is 15. The number of benzene rings is 6. The number of nitrogens with two attached hydrogens (primary N) is 1. The van der Waals surface area contributed by atoms with Crippen LogP contribution in [0, 0.1) is 6.92 Å². The van der Waals surface area contributed by atoms with Crippen molar-refractivity contribution < 1.29 is 54.1 Å². The minimum Gasteiger partial charge on any atom is -0.870 e. The predicted molar refractivity (Wildman–Crippen MR) is 543 cm³/mol. The van der Waals surface area contributed by atoms with Gasteiger partial charge in [-0.2, -0.15) is 0 Å². The largest absolute Gasteiger partial charge is 0.870 e. The highest BCUT2D eigenvalue weighted by Gasteiger charge is 2.29. The number of nitrogen functional groups attached to an aromatic ring is 1. The number of aromatic amines is 1. The molecule has 127 heavy (non-hydrogen) atoms. The quantitative estimate of drug-likeness (QED) is 0.0119. The van der Waals surface area contributed by atoms with Gasteiger partial charge < -0.3 is 74.6 Å². The van der Waals surface area contributed by atoms with E-state index < -0.39 is 0 Å². The summed E-state index contributed by atoms with van der Waals surface area (Å²) in [5, 5.41) is 36.5. The van der Waals surface area contributed by atoms with Crippen molar-refractivity contribution in [3.05, 3.63) is 179 Å². The Labute approximate surface area is 776 Å². The molecule has 722 valence electrons. The van der Waals surface area contributed by atoms with Crippen molar-refractivity contribution in [2.75, 3.05) is 163 Å². The summed E-state index contributed by atoms with van der Waals surface area (Å²) >= 11 is 0. The van der Waals surface area contributed by atoms with Crippen molar-refractivity contribution in [3.63, 3.8) is 0 Å². The van der Waals surface area contributed by atoms with Crippen molar-refractivity contribution in [3.8, 4) is 39.7 Å². The number of rotatable bonds is 59. The van der Waals surface area contributed by atoms with Crippen molar-refractivity contribution in [1.82, 2.24) is 19.8 Å². The molecule has 7 aromatic rings. The third-order valence-corrected chi connectivity index (χ3v) is 23.2. The molecule has 0 aliphatic rings. The zero-order valence-electron chi connectivity index (χ0n) is 84.1. The van der Waals surface area contributed by atoms with Crippen LogP contribution in [0.25, 0.3) is 33.9 Å². The Morgan fingerprint density at radius 1 is 0.386 bits per heavy atom. The molecule has 0 atom stereocenters. The Morgan fingerprint density at radius 3 is 1.13 bits per heavy atom. The molecular formula is C110H187N7O10. The van der Waals surface area contributed by atoms with Crippen LogP contribution >= 0.6 is 0 Å². The molecule has 0 fully saturated rings. The zero-order valence-corrected chi connectivity index (χ0v) is 84.1. The maximum absolute atomic E-state index is 9.37. The van der Waals surface area contributed by atoms with Gasteiger partial charge in [0.1, 0.15) is 18.2 Å². The van der Waals surface area contributed by atoms with Gasteiger partial charge in [-0.3, -0.25) is 4.90 Å². The van der Waals surface area contributed by atoms with Gasteiger partial charge in [0.05, 0.1) is 104 Å². The van der Waals surface area contributed by atoms with Crippen LogP contribution in [0.2, 0.25) is 0 Å². The van der Waals surface area contributed by atoms with Gasteiger partial charge in [-0.1, -0.05) is 372 Å². The second-order valence-corrected chi connectivity index (χ2v) is 37.3. The summed E-state index contributed by atoms with van der Waals surface area (Å²) in [7, 11) is 3.39. The Morgan fingerprint density at radius 2 is 0.748 bits per heavy atom. The number of aryl methyl sites for hydroxylation is 1. The Balaban J connectivity index is 0.000000771. The van der Waals surface area contributed by atoms with E-state index in [4.69, 9.17) is 44.6 Å². The van der Waals surface area contributed by atoms with Crippen LogP contribution in [0.5, 0.6) is 5.75 Å². The SMILES string of the molecule is CC(C)(C)c1cc(C(C)(C)C)c(N)c(C(C)(C)C)c1.CCCCCCCCN(CCCCCCCC)CCCCCCCC.CCCC[N+](CCCC)(CCCC)CCCC.COCCN(CCOC)CCOCCOCCOc1c(CO)cccc1CO.Cc1ccc(N(CCO)CCO)cc1.[OH-].c1ccc(-c2nc(-c3ccccc3)c(-c3ccccc3)[nH]2)cc1.